The lowest BCUT2D eigenvalue weighted by atomic mass is 10.2. The van der Waals surface area contributed by atoms with Crippen LogP contribution in [0.5, 0.6) is 11.6 Å². The summed E-state index contributed by atoms with van der Waals surface area (Å²) in [4.78, 5) is 20.6. The van der Waals surface area contributed by atoms with Crippen LogP contribution in [0.2, 0.25) is 5.15 Å². The number of benzene rings is 1. The molecule has 8 heteroatoms. The van der Waals surface area contributed by atoms with Crippen molar-refractivity contribution in [2.75, 3.05) is 7.11 Å². The van der Waals surface area contributed by atoms with Gasteiger partial charge in [-0.3, -0.25) is 9.36 Å². The Morgan fingerprint density at radius 1 is 1.22 bits per heavy atom. The first-order valence-electron chi connectivity index (χ1n) is 8.08. The number of hydrogen-bond donors (Lipinski definition) is 0. The van der Waals surface area contributed by atoms with Crippen LogP contribution in [0.15, 0.2) is 41.3 Å². The zero-order valence-electron chi connectivity index (χ0n) is 15.0. The topological polar surface area (TPSA) is 66.2 Å². The molecule has 0 saturated carbocycles. The van der Waals surface area contributed by atoms with Gasteiger partial charge in [0.1, 0.15) is 18.2 Å². The van der Waals surface area contributed by atoms with Crippen molar-refractivity contribution in [1.82, 2.24) is 14.5 Å². The molecular weight excluding hydrogens is 373 g/mol. The van der Waals surface area contributed by atoms with Gasteiger partial charge in [-0.25, -0.2) is 9.37 Å². The molecule has 0 aliphatic rings. The molecule has 2 aromatic heterocycles. The molecule has 0 aliphatic heterocycles. The molecule has 0 fully saturated rings. The van der Waals surface area contributed by atoms with Gasteiger partial charge in [-0.05, 0) is 37.1 Å². The summed E-state index contributed by atoms with van der Waals surface area (Å²) < 4.78 is 26.3. The first-order chi connectivity index (χ1) is 12.9. The lowest BCUT2D eigenvalue weighted by molar-refractivity contribution is 0.291. The highest BCUT2D eigenvalue weighted by Crippen LogP contribution is 2.23. The van der Waals surface area contributed by atoms with Crippen molar-refractivity contribution in [2.45, 2.75) is 20.5 Å². The Balaban J connectivity index is 1.89. The number of aromatic nitrogens is 3. The Bertz CT molecular complexity index is 1040. The smallest absolute Gasteiger partial charge is 0.262 e. The third-order valence-electron chi connectivity index (χ3n) is 3.97. The number of rotatable bonds is 5. The van der Waals surface area contributed by atoms with Crippen LogP contribution in [0.3, 0.4) is 0 Å². The average Bonchev–Trinajstić information content (AvgIpc) is 2.65. The van der Waals surface area contributed by atoms with Crippen LogP contribution >= 0.6 is 11.6 Å². The monoisotopic (exact) mass is 389 g/mol. The van der Waals surface area contributed by atoms with Crippen LogP contribution in [0.1, 0.15) is 17.0 Å². The zero-order valence-corrected chi connectivity index (χ0v) is 15.7. The van der Waals surface area contributed by atoms with Gasteiger partial charge in [0.2, 0.25) is 5.88 Å². The molecule has 0 saturated heterocycles. The maximum Gasteiger partial charge on any atom is 0.262 e. The van der Waals surface area contributed by atoms with Crippen molar-refractivity contribution in [3.63, 3.8) is 0 Å². The molecule has 0 unspecified atom stereocenters. The summed E-state index contributed by atoms with van der Waals surface area (Å²) >= 11 is 5.76. The normalized spacial score (nSPS) is 10.7. The minimum atomic E-state index is -0.768. The Hall–Kier alpha value is -2.93. The highest BCUT2D eigenvalue weighted by atomic mass is 35.5. The fourth-order valence-corrected chi connectivity index (χ4v) is 2.75. The Morgan fingerprint density at radius 2 is 1.93 bits per heavy atom. The summed E-state index contributed by atoms with van der Waals surface area (Å²) in [5.41, 5.74) is 0.918. The van der Waals surface area contributed by atoms with Crippen LogP contribution in [-0.4, -0.2) is 21.6 Å². The van der Waals surface area contributed by atoms with Gasteiger partial charge >= 0.3 is 0 Å². The predicted octanol–water partition coefficient (Wildman–Crippen LogP) is 3.62. The molecule has 6 nitrogen and oxygen atoms in total. The molecule has 0 amide bonds. The highest BCUT2D eigenvalue weighted by molar-refractivity contribution is 6.29. The van der Waals surface area contributed by atoms with Gasteiger partial charge in [0.15, 0.2) is 11.0 Å². The van der Waals surface area contributed by atoms with Crippen molar-refractivity contribution >= 4 is 11.6 Å². The molecule has 0 bridgehead atoms. The van der Waals surface area contributed by atoms with Crippen LogP contribution in [0, 0.1) is 19.7 Å². The molecule has 0 radical (unpaired) electrons. The second-order valence-corrected chi connectivity index (χ2v) is 6.20. The van der Waals surface area contributed by atoms with E-state index in [4.69, 9.17) is 21.1 Å². The summed E-state index contributed by atoms with van der Waals surface area (Å²) in [7, 11) is 1.59. The molecule has 0 N–H and O–H groups in total. The van der Waals surface area contributed by atoms with Gasteiger partial charge in [-0.2, -0.15) is 4.98 Å². The maximum absolute atomic E-state index is 14.4. The lowest BCUT2D eigenvalue weighted by Crippen LogP contribution is -2.24. The minimum Gasteiger partial charge on any atom is -0.497 e. The van der Waals surface area contributed by atoms with E-state index in [2.05, 4.69) is 9.97 Å². The van der Waals surface area contributed by atoms with Crippen molar-refractivity contribution < 1.29 is 13.9 Å². The molecule has 1 aromatic carbocycles. The van der Waals surface area contributed by atoms with E-state index in [0.717, 1.165) is 15.9 Å². The van der Waals surface area contributed by atoms with E-state index in [1.807, 2.05) is 24.3 Å². The number of aryl methyl sites for hydroxylation is 2. The second-order valence-electron chi connectivity index (χ2n) is 5.85. The summed E-state index contributed by atoms with van der Waals surface area (Å²) in [5, 5.41) is -0.304. The number of nitrogens with zero attached hydrogens (tertiary/aromatic N) is 3. The van der Waals surface area contributed by atoms with Gasteiger partial charge in [-0.15, -0.1) is 0 Å². The summed E-state index contributed by atoms with van der Waals surface area (Å²) in [5.74, 6) is 0.401. The largest absolute Gasteiger partial charge is 0.497 e. The molecular formula is C19H17ClFN3O3. The van der Waals surface area contributed by atoms with E-state index in [-0.39, 0.29) is 29.2 Å². The number of pyridine rings is 1. The van der Waals surface area contributed by atoms with E-state index >= 15 is 0 Å². The van der Waals surface area contributed by atoms with Gasteiger partial charge in [0.05, 0.1) is 18.9 Å². The molecule has 0 spiro atoms. The molecule has 140 valence electrons. The number of methoxy groups -OCH3 is 1. The van der Waals surface area contributed by atoms with Crippen LogP contribution in [0.25, 0.3) is 5.69 Å². The zero-order chi connectivity index (χ0) is 19.6. The minimum absolute atomic E-state index is 0.0340. The Morgan fingerprint density at radius 3 is 2.56 bits per heavy atom. The van der Waals surface area contributed by atoms with Crippen LogP contribution < -0.4 is 15.0 Å². The highest BCUT2D eigenvalue weighted by Gasteiger charge is 2.17. The summed E-state index contributed by atoms with van der Waals surface area (Å²) in [6.45, 7) is 3.46. The van der Waals surface area contributed by atoms with E-state index in [1.165, 1.54) is 12.3 Å². The van der Waals surface area contributed by atoms with Gasteiger partial charge in [0.25, 0.3) is 5.56 Å². The third-order valence-corrected chi connectivity index (χ3v) is 4.23. The standard InChI is InChI=1S/C19H17ClFN3O3/c1-11-9-22-19(20)17(21)18(11)24-12(2)23-15(8-16(24)25)27-10-13-4-6-14(26-3)7-5-13/h4-9H,10H2,1-3H3. The van der Waals surface area contributed by atoms with Gasteiger partial charge in [0, 0.05) is 6.20 Å². The van der Waals surface area contributed by atoms with Crippen molar-refractivity contribution in [1.29, 1.82) is 0 Å². The second kappa shape index (κ2) is 7.75. The van der Waals surface area contributed by atoms with E-state index < -0.39 is 11.4 Å². The van der Waals surface area contributed by atoms with Crippen LogP contribution in [0.4, 0.5) is 4.39 Å². The number of hydrogen-bond acceptors (Lipinski definition) is 5. The fraction of sp³-hybridized carbons (Fsp3) is 0.211. The quantitative estimate of drug-likeness (QED) is 0.623. The van der Waals surface area contributed by atoms with E-state index in [9.17, 15) is 9.18 Å². The predicted molar refractivity (Wildman–Crippen MR) is 99.4 cm³/mol. The average molecular weight is 390 g/mol. The number of halogens is 2. The van der Waals surface area contributed by atoms with E-state index in [0.29, 0.717) is 5.56 Å². The molecule has 27 heavy (non-hydrogen) atoms. The van der Waals surface area contributed by atoms with Crippen LogP contribution in [-0.2, 0) is 6.61 Å². The molecule has 0 aliphatic carbocycles. The molecule has 2 heterocycles. The summed E-state index contributed by atoms with van der Waals surface area (Å²) in [6.07, 6.45) is 1.40. The van der Waals surface area contributed by atoms with Crippen molar-refractivity contribution in [2.24, 2.45) is 0 Å². The first kappa shape index (κ1) is 18.8. The maximum atomic E-state index is 14.4. The molecule has 3 rings (SSSR count). The van der Waals surface area contributed by atoms with Gasteiger partial charge < -0.3 is 9.47 Å². The third kappa shape index (κ3) is 3.93. The van der Waals surface area contributed by atoms with Gasteiger partial charge in [-0.1, -0.05) is 23.7 Å². The SMILES string of the molecule is COc1ccc(COc2cc(=O)n(-c3c(C)cnc(Cl)c3F)c(C)n2)cc1. The summed E-state index contributed by atoms with van der Waals surface area (Å²) in [6, 6.07) is 8.54. The van der Waals surface area contributed by atoms with Crippen molar-refractivity contribution in [3.8, 4) is 17.3 Å². The number of ether oxygens (including phenoxy) is 2. The Kier molecular flexibility index (Phi) is 5.41. The van der Waals surface area contributed by atoms with E-state index in [1.54, 1.807) is 21.0 Å². The van der Waals surface area contributed by atoms with Crippen molar-refractivity contribution in [3.05, 3.63) is 74.8 Å². The fourth-order valence-electron chi connectivity index (χ4n) is 2.61. The molecule has 3 aromatic rings. The first-order valence-corrected chi connectivity index (χ1v) is 8.46. The molecule has 0 atom stereocenters. The Labute approximate surface area is 160 Å². The lowest BCUT2D eigenvalue weighted by Gasteiger charge is -2.14.